The summed E-state index contributed by atoms with van der Waals surface area (Å²) >= 11 is 1.51. The lowest BCUT2D eigenvalue weighted by Crippen LogP contribution is -2.11. The highest BCUT2D eigenvalue weighted by Crippen LogP contribution is 2.32. The second-order valence-corrected chi connectivity index (χ2v) is 5.03. The van der Waals surface area contributed by atoms with Gasteiger partial charge in [0.2, 0.25) is 11.8 Å². The molecule has 0 unspecified atom stereocenters. The highest BCUT2D eigenvalue weighted by molar-refractivity contribution is 7.17. The SMILES string of the molecule is Cc1csc2c(Oc3cncc(C(N)=O)c3)ncnc12. The van der Waals surface area contributed by atoms with Gasteiger partial charge in [0.1, 0.15) is 16.8 Å². The zero-order valence-corrected chi connectivity index (χ0v) is 11.3. The average molecular weight is 286 g/mol. The Labute approximate surface area is 118 Å². The topological polar surface area (TPSA) is 91.0 Å². The molecule has 3 aromatic rings. The lowest BCUT2D eigenvalue weighted by atomic mass is 10.2. The van der Waals surface area contributed by atoms with Crippen molar-refractivity contribution in [2.75, 3.05) is 0 Å². The number of nitrogens with two attached hydrogens (primary N) is 1. The number of aryl methyl sites for hydroxylation is 1. The molecule has 3 rings (SSSR count). The second kappa shape index (κ2) is 4.86. The Morgan fingerprint density at radius 2 is 2.20 bits per heavy atom. The Balaban J connectivity index is 2.01. The highest BCUT2D eigenvalue weighted by atomic mass is 32.1. The number of pyridine rings is 1. The van der Waals surface area contributed by atoms with Gasteiger partial charge >= 0.3 is 0 Å². The summed E-state index contributed by atoms with van der Waals surface area (Å²) in [5.41, 5.74) is 7.43. The molecule has 100 valence electrons. The van der Waals surface area contributed by atoms with E-state index in [-0.39, 0.29) is 5.56 Å². The van der Waals surface area contributed by atoms with E-state index in [4.69, 9.17) is 10.5 Å². The summed E-state index contributed by atoms with van der Waals surface area (Å²) in [5.74, 6) is 0.298. The van der Waals surface area contributed by atoms with Crippen LogP contribution in [-0.4, -0.2) is 20.9 Å². The fourth-order valence-electron chi connectivity index (χ4n) is 1.74. The molecule has 0 saturated heterocycles. The van der Waals surface area contributed by atoms with Crippen LogP contribution in [0.25, 0.3) is 10.2 Å². The van der Waals surface area contributed by atoms with Crippen molar-refractivity contribution in [2.24, 2.45) is 5.73 Å². The molecule has 0 radical (unpaired) electrons. The molecule has 0 aliphatic carbocycles. The minimum absolute atomic E-state index is 0.287. The fourth-order valence-corrected chi connectivity index (χ4v) is 2.67. The number of aromatic nitrogens is 3. The summed E-state index contributed by atoms with van der Waals surface area (Å²) in [4.78, 5) is 23.4. The third-order valence-electron chi connectivity index (χ3n) is 2.71. The van der Waals surface area contributed by atoms with Crippen LogP contribution < -0.4 is 10.5 Å². The van der Waals surface area contributed by atoms with Gasteiger partial charge in [-0.25, -0.2) is 9.97 Å². The van der Waals surface area contributed by atoms with Crippen molar-refractivity contribution in [3.8, 4) is 11.6 Å². The highest BCUT2D eigenvalue weighted by Gasteiger charge is 2.11. The number of carbonyl (C=O) groups excluding carboxylic acids is 1. The van der Waals surface area contributed by atoms with Crippen molar-refractivity contribution < 1.29 is 9.53 Å². The van der Waals surface area contributed by atoms with Gasteiger partial charge in [-0.05, 0) is 23.9 Å². The summed E-state index contributed by atoms with van der Waals surface area (Å²) in [6, 6.07) is 1.53. The first-order valence-corrected chi connectivity index (χ1v) is 6.64. The molecular formula is C13H10N4O2S. The molecular weight excluding hydrogens is 276 g/mol. The van der Waals surface area contributed by atoms with E-state index in [0.29, 0.717) is 11.6 Å². The molecule has 1 amide bonds. The average Bonchev–Trinajstić information content (AvgIpc) is 2.82. The number of primary amides is 1. The van der Waals surface area contributed by atoms with Gasteiger partial charge in [0.15, 0.2) is 0 Å². The van der Waals surface area contributed by atoms with E-state index in [1.54, 1.807) is 0 Å². The standard InChI is InChI=1S/C13H10N4O2S/c1-7-5-20-11-10(7)16-6-17-13(11)19-9-2-8(12(14)18)3-15-4-9/h2-6H,1H3,(H2,14,18). The summed E-state index contributed by atoms with van der Waals surface area (Å²) in [5, 5.41) is 1.99. The Kier molecular flexibility index (Phi) is 3.03. The van der Waals surface area contributed by atoms with Crippen LogP contribution in [0.15, 0.2) is 30.2 Å². The maximum Gasteiger partial charge on any atom is 0.250 e. The Hall–Kier alpha value is -2.54. The summed E-state index contributed by atoms with van der Waals surface area (Å²) in [7, 11) is 0. The molecule has 0 aliphatic heterocycles. The molecule has 3 aromatic heterocycles. The molecule has 6 nitrogen and oxygen atoms in total. The zero-order chi connectivity index (χ0) is 14.1. The molecule has 0 atom stereocenters. The minimum Gasteiger partial charge on any atom is -0.436 e. The largest absolute Gasteiger partial charge is 0.436 e. The smallest absolute Gasteiger partial charge is 0.250 e. The fraction of sp³-hybridized carbons (Fsp3) is 0.0769. The molecule has 7 heteroatoms. The Morgan fingerprint density at radius 1 is 1.35 bits per heavy atom. The van der Waals surface area contributed by atoms with E-state index < -0.39 is 5.91 Å². The maximum atomic E-state index is 11.1. The van der Waals surface area contributed by atoms with Gasteiger partial charge in [0, 0.05) is 6.20 Å². The number of rotatable bonds is 3. The van der Waals surface area contributed by atoms with Crippen LogP contribution in [0.5, 0.6) is 11.6 Å². The molecule has 0 fully saturated rings. The Morgan fingerprint density at radius 3 is 3.00 bits per heavy atom. The number of fused-ring (bicyclic) bond motifs is 1. The third kappa shape index (κ3) is 2.19. The summed E-state index contributed by atoms with van der Waals surface area (Å²) in [6.07, 6.45) is 4.34. The van der Waals surface area contributed by atoms with Crippen LogP contribution >= 0.6 is 11.3 Å². The summed E-state index contributed by atoms with van der Waals surface area (Å²) < 4.78 is 6.54. The minimum atomic E-state index is -0.553. The number of nitrogens with zero attached hydrogens (tertiary/aromatic N) is 3. The van der Waals surface area contributed by atoms with E-state index in [1.807, 2.05) is 12.3 Å². The van der Waals surface area contributed by atoms with Crippen molar-refractivity contribution in [1.29, 1.82) is 0 Å². The van der Waals surface area contributed by atoms with Gasteiger partial charge in [-0.3, -0.25) is 9.78 Å². The first-order chi connectivity index (χ1) is 9.65. The molecule has 0 aliphatic rings. The van der Waals surface area contributed by atoms with E-state index in [2.05, 4.69) is 15.0 Å². The monoisotopic (exact) mass is 286 g/mol. The number of hydrogen-bond donors (Lipinski definition) is 1. The number of amides is 1. The first kappa shape index (κ1) is 12.5. The van der Waals surface area contributed by atoms with Crippen molar-refractivity contribution >= 4 is 27.5 Å². The molecule has 20 heavy (non-hydrogen) atoms. The van der Waals surface area contributed by atoms with Crippen LogP contribution in [0.3, 0.4) is 0 Å². The molecule has 0 saturated carbocycles. The van der Waals surface area contributed by atoms with E-state index >= 15 is 0 Å². The van der Waals surface area contributed by atoms with Crippen LogP contribution in [0, 0.1) is 6.92 Å². The van der Waals surface area contributed by atoms with Crippen molar-refractivity contribution in [1.82, 2.24) is 15.0 Å². The quantitative estimate of drug-likeness (QED) is 0.797. The number of ether oxygens (including phenoxy) is 1. The number of thiophene rings is 1. The molecule has 2 N–H and O–H groups in total. The van der Waals surface area contributed by atoms with Crippen LogP contribution in [-0.2, 0) is 0 Å². The van der Waals surface area contributed by atoms with Gasteiger partial charge < -0.3 is 10.5 Å². The maximum absolute atomic E-state index is 11.1. The van der Waals surface area contributed by atoms with Crippen molar-refractivity contribution in [3.05, 3.63) is 41.3 Å². The van der Waals surface area contributed by atoms with E-state index in [9.17, 15) is 4.79 Å². The first-order valence-electron chi connectivity index (χ1n) is 5.76. The lowest BCUT2D eigenvalue weighted by molar-refractivity contribution is 0.0999. The van der Waals surface area contributed by atoms with Crippen LogP contribution in [0.2, 0.25) is 0 Å². The van der Waals surface area contributed by atoms with Gasteiger partial charge in [-0.2, -0.15) is 0 Å². The van der Waals surface area contributed by atoms with Crippen molar-refractivity contribution in [3.63, 3.8) is 0 Å². The van der Waals surface area contributed by atoms with E-state index in [0.717, 1.165) is 15.8 Å². The van der Waals surface area contributed by atoms with Crippen LogP contribution in [0.4, 0.5) is 0 Å². The van der Waals surface area contributed by atoms with Gasteiger partial charge in [0.25, 0.3) is 0 Å². The van der Waals surface area contributed by atoms with Gasteiger partial charge in [-0.1, -0.05) is 0 Å². The van der Waals surface area contributed by atoms with E-state index in [1.165, 1.54) is 36.1 Å². The second-order valence-electron chi connectivity index (χ2n) is 4.15. The van der Waals surface area contributed by atoms with Crippen LogP contribution in [0.1, 0.15) is 15.9 Å². The molecule has 0 bridgehead atoms. The predicted molar refractivity (Wildman–Crippen MR) is 75.0 cm³/mol. The third-order valence-corrected chi connectivity index (χ3v) is 3.79. The normalized spacial score (nSPS) is 10.7. The van der Waals surface area contributed by atoms with Gasteiger partial charge in [-0.15, -0.1) is 11.3 Å². The summed E-state index contributed by atoms with van der Waals surface area (Å²) in [6.45, 7) is 1.98. The van der Waals surface area contributed by atoms with Gasteiger partial charge in [0.05, 0.1) is 17.3 Å². The zero-order valence-electron chi connectivity index (χ0n) is 10.5. The molecule has 0 aromatic carbocycles. The molecule has 0 spiro atoms. The van der Waals surface area contributed by atoms with Crippen molar-refractivity contribution in [2.45, 2.75) is 6.92 Å². The lowest BCUT2D eigenvalue weighted by Gasteiger charge is -2.05. The number of carbonyl (C=O) groups is 1. The predicted octanol–water partition coefficient (Wildman–Crippen LogP) is 2.29. The Bertz CT molecular complexity index is 800. The number of hydrogen-bond acceptors (Lipinski definition) is 6. The molecule has 3 heterocycles.